The molecule has 0 bridgehead atoms. The van der Waals surface area contributed by atoms with E-state index in [-0.39, 0.29) is 0 Å². The van der Waals surface area contributed by atoms with Crippen LogP contribution in [0.5, 0.6) is 0 Å². The van der Waals surface area contributed by atoms with Gasteiger partial charge < -0.3 is 0 Å². The molecule has 0 aliphatic heterocycles. The zero-order valence-corrected chi connectivity index (χ0v) is 71.0. The van der Waals surface area contributed by atoms with Crippen LogP contribution in [-0.2, 0) is 0 Å². The second-order valence-electron chi connectivity index (χ2n) is 27.8. The van der Waals surface area contributed by atoms with Crippen LogP contribution in [0.25, 0.3) is 152 Å². The molecule has 18 aromatic rings. The number of hydrogen-bond acceptors (Lipinski definition) is 6. The van der Waals surface area contributed by atoms with Gasteiger partial charge in [0.1, 0.15) is 0 Å². The van der Waals surface area contributed by atoms with Crippen molar-refractivity contribution in [2.75, 3.05) is 0 Å². The summed E-state index contributed by atoms with van der Waals surface area (Å²) in [4.78, 5) is 0. The number of hydrogen-bond donors (Lipinski definition) is 0. The van der Waals surface area contributed by atoms with Crippen molar-refractivity contribution in [2.24, 2.45) is 0 Å². The van der Waals surface area contributed by atoms with Crippen molar-refractivity contribution in [2.45, 2.75) is 69.2 Å². The third-order valence-corrected chi connectivity index (χ3v) is 17.5. The summed E-state index contributed by atoms with van der Waals surface area (Å²) in [5, 5.41) is 75.6. The third kappa shape index (κ3) is 30.1. The van der Waals surface area contributed by atoms with Crippen LogP contribution in [0, 0.1) is 95.7 Å². The van der Waals surface area contributed by atoms with E-state index < -0.39 is 31.2 Å². The summed E-state index contributed by atoms with van der Waals surface area (Å²) in [6.07, 6.45) is 18.3. The summed E-state index contributed by atoms with van der Waals surface area (Å²) in [6, 6.07) is 82.4. The van der Waals surface area contributed by atoms with Crippen LogP contribution in [0.3, 0.4) is 0 Å². The second kappa shape index (κ2) is 34.1. The fourth-order valence-electron chi connectivity index (χ4n) is 14.0. The molecule has 38 heteroatoms. The van der Waals surface area contributed by atoms with E-state index in [1.807, 2.05) is 0 Å². The zero-order valence-electron chi connectivity index (χ0n) is 67.4. The van der Waals surface area contributed by atoms with E-state index in [0.29, 0.717) is 0 Å². The van der Waals surface area contributed by atoms with Crippen LogP contribution >= 0.6 is 31.2 Å². The minimum atomic E-state index is -10.7. The van der Waals surface area contributed by atoms with E-state index in [1.165, 1.54) is 216 Å². The van der Waals surface area contributed by atoms with Gasteiger partial charge in [-0.25, -0.2) is 0 Å². The molecule has 4 aromatic heterocycles. The average molecular weight is 1850 g/mol. The van der Waals surface area contributed by atoms with Crippen LogP contribution in [0.1, 0.15) is 63.8 Å². The second-order valence-corrected chi connectivity index (χ2v) is 35.5. The number of benzene rings is 14. The maximum absolute atomic E-state index is 10.7. The molecule has 660 valence electrons. The Morgan fingerprint density at radius 2 is 0.302 bits per heavy atom. The van der Waals surface area contributed by atoms with Gasteiger partial charge in [-0.1, -0.05) is 97.1 Å². The summed E-state index contributed by atoms with van der Waals surface area (Å²) in [5.41, 5.74) is 9.83. The van der Waals surface area contributed by atoms with E-state index in [9.17, 15) is 101 Å². The Labute approximate surface area is 702 Å². The normalized spacial score (nSPS) is 13.3. The van der Waals surface area contributed by atoms with Crippen LogP contribution in [0.4, 0.5) is 101 Å². The first-order chi connectivity index (χ1) is 57.5. The number of aromatic nitrogens is 4. The first-order valence-electron chi connectivity index (χ1n) is 36.2. The first-order valence-corrected chi connectivity index (χ1v) is 44.4. The van der Waals surface area contributed by atoms with Crippen molar-refractivity contribution in [3.8, 4) is 59.2 Å². The molecule has 0 saturated carbocycles. The van der Waals surface area contributed by atoms with Gasteiger partial charge in [0.05, 0.1) is 36.4 Å². The van der Waals surface area contributed by atoms with Crippen LogP contribution in [-0.4, -0.2) is 0 Å². The van der Waals surface area contributed by atoms with Crippen LogP contribution < -0.4 is 18.3 Å². The SMILES string of the molecule is CC#N.CC#N.CC#N.CC#N.CC#N.CC#N.Cc1cccc(-[n+]2cc3ccc4c5ccc6c[n+](-c7cccc(C)c7)cc7ccc(c8ccc(c2)c3c48)c5c67)c1.Cc1cccc(-[n+]2cc3ccc4c5ccc6c[n+](-c7cccc(C)c7)cc7ccc(c8ccc(c2)c3c48)c5c67)c1.F[P-](F)(F)(F)(F)F.F[P-](F)(F)(F)(F)F.F[P-](F)(F)(F)(F)F.F[P-](F)(F)(F)(F)F. The predicted molar refractivity (Wildman–Crippen MR) is 455 cm³/mol. The van der Waals surface area contributed by atoms with E-state index in [4.69, 9.17) is 31.6 Å². The van der Waals surface area contributed by atoms with Gasteiger partial charge in [-0.15, -0.1) is 0 Å². The van der Waals surface area contributed by atoms with E-state index in [0.717, 1.165) is 0 Å². The molecule has 0 amide bonds. The molecule has 126 heavy (non-hydrogen) atoms. The summed E-state index contributed by atoms with van der Waals surface area (Å²) in [5.74, 6) is 0. The van der Waals surface area contributed by atoms with Gasteiger partial charge in [0, 0.05) is 155 Å². The number of nitrogens with zero attached hydrogens (tertiary/aromatic N) is 10. The Balaban J connectivity index is 0.000000234. The van der Waals surface area contributed by atoms with E-state index >= 15 is 0 Å². The Morgan fingerprint density at radius 3 is 0.405 bits per heavy atom. The minimum absolute atomic E-state index is 1.19. The molecule has 0 aliphatic carbocycles. The Bertz CT molecular complexity index is 6240. The van der Waals surface area contributed by atoms with Gasteiger partial charge in [0.25, 0.3) is 0 Å². The van der Waals surface area contributed by atoms with Crippen molar-refractivity contribution in [3.63, 3.8) is 0 Å². The standard InChI is InChI=1S/2C38H26N2.6C2H3N.4F6P/c2*1-23-5-3-7-29(17-23)39-19-25-9-13-31-33-15-11-27-21-40(30-8-4-6-24(2)18-30)22-28-12-16-34(38(33)36(27)28)32-14-10-26(20-39)35(25)37(31)32;6*1-2-3;4*1-7(2,3,4,5)6/h2*3-22H,1-2H3;6*1H3;;;;/q2*+2;;;;;;;4*-1. The maximum atomic E-state index is 9.87. The number of nitriles is 6. The molecule has 0 atom stereocenters. The molecule has 14 aromatic carbocycles. The summed E-state index contributed by atoms with van der Waals surface area (Å²) in [6.45, 7) is 17.2. The van der Waals surface area contributed by atoms with Crippen molar-refractivity contribution in [3.05, 3.63) is 266 Å². The Kier molecular flexibility index (Phi) is 27.0. The van der Waals surface area contributed by atoms with Crippen LogP contribution in [0.2, 0.25) is 0 Å². The van der Waals surface area contributed by atoms with Gasteiger partial charge in [-0.05, 0) is 163 Å². The molecule has 4 heterocycles. The predicted octanol–water partition coefficient (Wildman–Crippen LogP) is 34.0. The summed E-state index contributed by atoms with van der Waals surface area (Å²) >= 11 is 0. The average Bonchev–Trinajstić information content (AvgIpc) is 0.700. The number of fused-ring (bicyclic) bond motifs is 4. The fourth-order valence-corrected chi connectivity index (χ4v) is 14.0. The molecular formula is C88H70F24N10P4. The third-order valence-electron chi connectivity index (χ3n) is 17.5. The number of rotatable bonds is 4. The number of pyridine rings is 4. The topological polar surface area (TPSA) is 158 Å². The fraction of sp³-hybridized carbons (Fsp3) is 0.114. The zero-order chi connectivity index (χ0) is 94.9. The van der Waals surface area contributed by atoms with Gasteiger partial charge in [0.15, 0.2) is 49.6 Å². The first kappa shape index (κ1) is 99.9. The van der Waals surface area contributed by atoms with Crippen molar-refractivity contribution in [1.29, 1.82) is 31.6 Å². The summed E-state index contributed by atoms with van der Waals surface area (Å²) in [7, 11) is -42.6. The van der Waals surface area contributed by atoms with E-state index in [2.05, 4.69) is 290 Å². The molecule has 10 nitrogen and oxygen atoms in total. The molecule has 0 unspecified atom stereocenters. The molecule has 0 spiro atoms. The molecular weight excluding hydrogens is 1780 g/mol. The van der Waals surface area contributed by atoms with Gasteiger partial charge in [0.2, 0.25) is 22.7 Å². The molecule has 0 N–H and O–H groups in total. The van der Waals surface area contributed by atoms with E-state index in [1.54, 1.807) is 36.4 Å². The quantitative estimate of drug-likeness (QED) is 0.0561. The van der Waals surface area contributed by atoms with Gasteiger partial charge in [-0.3, -0.25) is 0 Å². The Morgan fingerprint density at radius 1 is 0.190 bits per heavy atom. The van der Waals surface area contributed by atoms with Crippen LogP contribution in [0.15, 0.2) is 244 Å². The summed E-state index contributed by atoms with van der Waals surface area (Å²) < 4.78 is 246. The molecule has 0 fully saturated rings. The molecule has 18 rings (SSSR count). The molecule has 0 radical (unpaired) electrons. The number of aryl methyl sites for hydroxylation is 4. The Hall–Kier alpha value is -13.2. The molecule has 0 aliphatic rings. The number of halogens is 24. The van der Waals surface area contributed by atoms with Crippen molar-refractivity contribution >= 4 is 161 Å². The molecule has 0 saturated heterocycles. The van der Waals surface area contributed by atoms with Crippen molar-refractivity contribution in [1.82, 2.24) is 0 Å². The monoisotopic (exact) mass is 1850 g/mol. The van der Waals surface area contributed by atoms with Gasteiger partial charge in [-0.2, -0.15) is 49.8 Å². The van der Waals surface area contributed by atoms with Gasteiger partial charge >= 0.3 is 132 Å². The van der Waals surface area contributed by atoms with Crippen molar-refractivity contribution < 1.29 is 119 Å².